The quantitative estimate of drug-likeness (QED) is 0.818. The van der Waals surface area contributed by atoms with Crippen LogP contribution in [0.25, 0.3) is 0 Å². The number of likely N-dealkylation sites (tertiary alicyclic amines) is 1. The van der Waals surface area contributed by atoms with Gasteiger partial charge in [0.2, 0.25) is 0 Å². The Kier molecular flexibility index (Phi) is 6.05. The average molecular weight is 317 g/mol. The van der Waals surface area contributed by atoms with E-state index in [2.05, 4.69) is 50.5 Å². The van der Waals surface area contributed by atoms with Gasteiger partial charge in [0, 0.05) is 55.8 Å². The van der Waals surface area contributed by atoms with Crippen LogP contribution in [-0.4, -0.2) is 54.5 Å². The molecule has 1 fully saturated rings. The van der Waals surface area contributed by atoms with Crippen LogP contribution in [0.3, 0.4) is 0 Å². The van der Waals surface area contributed by atoms with E-state index in [1.807, 2.05) is 18.3 Å². The highest BCUT2D eigenvalue weighted by molar-refractivity contribution is 5.84. The SMILES string of the molecule is CCN(CC)c1ccc(C=NC2CN(C(C)C)CC2C)c(O)c1. The Hall–Kier alpha value is -1.55. The zero-order chi connectivity index (χ0) is 17.0. The molecular formula is C19H31N3O. The third-order valence-electron chi connectivity index (χ3n) is 4.88. The number of nitrogens with zero attached hydrogens (tertiary/aromatic N) is 3. The van der Waals surface area contributed by atoms with E-state index in [-0.39, 0.29) is 0 Å². The monoisotopic (exact) mass is 317 g/mol. The van der Waals surface area contributed by atoms with Crippen molar-refractivity contribution in [1.29, 1.82) is 0 Å². The summed E-state index contributed by atoms with van der Waals surface area (Å²) in [5.74, 6) is 0.871. The average Bonchev–Trinajstić information content (AvgIpc) is 2.89. The standard InChI is InChI=1S/C19H31N3O/c1-6-21(7-2)17-9-8-16(19(23)10-17)11-20-18-13-22(14(3)4)12-15(18)5/h8-11,14-15,18,23H,6-7,12-13H2,1-5H3. The smallest absolute Gasteiger partial charge is 0.126 e. The first-order valence-electron chi connectivity index (χ1n) is 8.81. The van der Waals surface area contributed by atoms with Gasteiger partial charge in [-0.3, -0.25) is 9.89 Å². The summed E-state index contributed by atoms with van der Waals surface area (Å²) in [6.07, 6.45) is 1.84. The van der Waals surface area contributed by atoms with E-state index in [9.17, 15) is 5.11 Å². The molecular weight excluding hydrogens is 286 g/mol. The number of phenolic OH excluding ortho intramolecular Hbond substituents is 1. The first-order valence-corrected chi connectivity index (χ1v) is 8.81. The maximum Gasteiger partial charge on any atom is 0.126 e. The molecule has 4 heteroatoms. The highest BCUT2D eigenvalue weighted by Crippen LogP contribution is 2.25. The van der Waals surface area contributed by atoms with Crippen LogP contribution in [0.1, 0.15) is 40.2 Å². The van der Waals surface area contributed by atoms with Gasteiger partial charge in [0.1, 0.15) is 5.75 Å². The van der Waals surface area contributed by atoms with E-state index >= 15 is 0 Å². The van der Waals surface area contributed by atoms with E-state index in [1.165, 1.54) is 0 Å². The first kappa shape index (κ1) is 17.8. The van der Waals surface area contributed by atoms with Gasteiger partial charge in [-0.05, 0) is 45.7 Å². The Bertz CT molecular complexity index is 537. The van der Waals surface area contributed by atoms with Crippen LogP contribution in [0.4, 0.5) is 5.69 Å². The highest BCUT2D eigenvalue weighted by Gasteiger charge is 2.30. The molecule has 0 saturated carbocycles. The van der Waals surface area contributed by atoms with Gasteiger partial charge in [-0.1, -0.05) is 6.92 Å². The molecule has 1 heterocycles. The Morgan fingerprint density at radius 1 is 1.30 bits per heavy atom. The summed E-state index contributed by atoms with van der Waals surface area (Å²) in [5.41, 5.74) is 1.86. The molecule has 1 aromatic carbocycles. The zero-order valence-corrected chi connectivity index (χ0v) is 15.2. The summed E-state index contributed by atoms with van der Waals surface area (Å²) in [6.45, 7) is 15.0. The number of hydrogen-bond donors (Lipinski definition) is 1. The predicted octanol–water partition coefficient (Wildman–Crippen LogP) is 3.39. The molecule has 0 aliphatic carbocycles. The maximum atomic E-state index is 10.3. The molecule has 1 N–H and O–H groups in total. The lowest BCUT2D eigenvalue weighted by Gasteiger charge is -2.21. The predicted molar refractivity (Wildman–Crippen MR) is 98.9 cm³/mol. The number of benzene rings is 1. The van der Waals surface area contributed by atoms with Crippen molar-refractivity contribution in [2.75, 3.05) is 31.1 Å². The van der Waals surface area contributed by atoms with Crippen LogP contribution < -0.4 is 4.90 Å². The van der Waals surface area contributed by atoms with Crippen molar-refractivity contribution in [3.05, 3.63) is 23.8 Å². The lowest BCUT2D eigenvalue weighted by molar-refractivity contribution is 0.266. The van der Waals surface area contributed by atoms with Gasteiger partial charge >= 0.3 is 0 Å². The molecule has 1 saturated heterocycles. The van der Waals surface area contributed by atoms with E-state index in [0.29, 0.717) is 23.8 Å². The van der Waals surface area contributed by atoms with E-state index in [0.717, 1.165) is 37.4 Å². The highest BCUT2D eigenvalue weighted by atomic mass is 16.3. The summed E-state index contributed by atoms with van der Waals surface area (Å²) < 4.78 is 0. The second kappa shape index (κ2) is 7.82. The molecule has 2 rings (SSSR count). The lowest BCUT2D eigenvalue weighted by Crippen LogP contribution is -2.28. The van der Waals surface area contributed by atoms with Gasteiger partial charge in [-0.25, -0.2) is 0 Å². The largest absolute Gasteiger partial charge is 0.507 e. The molecule has 0 radical (unpaired) electrons. The molecule has 2 unspecified atom stereocenters. The van der Waals surface area contributed by atoms with Crippen LogP contribution in [-0.2, 0) is 0 Å². The number of phenols is 1. The second-order valence-electron chi connectivity index (χ2n) is 6.79. The van der Waals surface area contributed by atoms with Crippen LogP contribution in [0.5, 0.6) is 5.75 Å². The molecule has 0 spiro atoms. The van der Waals surface area contributed by atoms with Crippen LogP contribution in [0, 0.1) is 5.92 Å². The summed E-state index contributed by atoms with van der Waals surface area (Å²) in [6, 6.07) is 6.75. The third kappa shape index (κ3) is 4.25. The number of rotatable bonds is 6. The van der Waals surface area contributed by atoms with Crippen molar-refractivity contribution < 1.29 is 5.11 Å². The lowest BCUT2D eigenvalue weighted by atomic mass is 10.1. The molecule has 4 nitrogen and oxygen atoms in total. The minimum absolute atomic E-state index is 0.310. The zero-order valence-electron chi connectivity index (χ0n) is 15.2. The molecule has 1 aliphatic rings. The summed E-state index contributed by atoms with van der Waals surface area (Å²) in [7, 11) is 0. The normalized spacial score (nSPS) is 22.3. The summed E-state index contributed by atoms with van der Waals surface area (Å²) in [4.78, 5) is 9.43. The van der Waals surface area contributed by atoms with Gasteiger partial charge in [0.15, 0.2) is 0 Å². The van der Waals surface area contributed by atoms with E-state index in [4.69, 9.17) is 4.99 Å². The van der Waals surface area contributed by atoms with Gasteiger partial charge in [-0.15, -0.1) is 0 Å². The van der Waals surface area contributed by atoms with Crippen molar-refractivity contribution in [3.63, 3.8) is 0 Å². The number of hydrogen-bond acceptors (Lipinski definition) is 4. The van der Waals surface area contributed by atoms with E-state index in [1.54, 1.807) is 0 Å². The van der Waals surface area contributed by atoms with Crippen LogP contribution >= 0.6 is 0 Å². The van der Waals surface area contributed by atoms with Gasteiger partial charge in [0.05, 0.1) is 6.04 Å². The van der Waals surface area contributed by atoms with Crippen molar-refractivity contribution >= 4 is 11.9 Å². The van der Waals surface area contributed by atoms with Crippen LogP contribution in [0.15, 0.2) is 23.2 Å². The Balaban J connectivity index is 2.08. The van der Waals surface area contributed by atoms with Crippen molar-refractivity contribution in [3.8, 4) is 5.75 Å². The molecule has 0 amide bonds. The Labute approximate surface area is 140 Å². The molecule has 23 heavy (non-hydrogen) atoms. The molecule has 0 bridgehead atoms. The van der Waals surface area contributed by atoms with Gasteiger partial charge in [-0.2, -0.15) is 0 Å². The van der Waals surface area contributed by atoms with Gasteiger partial charge < -0.3 is 10.0 Å². The topological polar surface area (TPSA) is 39.1 Å². The molecule has 128 valence electrons. The molecule has 1 aromatic rings. The Morgan fingerprint density at radius 3 is 2.52 bits per heavy atom. The minimum atomic E-state index is 0.310. The van der Waals surface area contributed by atoms with Crippen molar-refractivity contribution in [2.24, 2.45) is 10.9 Å². The van der Waals surface area contributed by atoms with E-state index < -0.39 is 0 Å². The molecule has 1 aliphatic heterocycles. The fourth-order valence-corrected chi connectivity index (χ4v) is 3.20. The second-order valence-corrected chi connectivity index (χ2v) is 6.79. The maximum absolute atomic E-state index is 10.3. The van der Waals surface area contributed by atoms with Crippen molar-refractivity contribution in [1.82, 2.24) is 4.90 Å². The molecule has 2 atom stereocenters. The Morgan fingerprint density at radius 2 is 2.00 bits per heavy atom. The number of aromatic hydroxyl groups is 1. The van der Waals surface area contributed by atoms with Gasteiger partial charge in [0.25, 0.3) is 0 Å². The summed E-state index contributed by atoms with van der Waals surface area (Å²) in [5, 5.41) is 10.3. The minimum Gasteiger partial charge on any atom is -0.507 e. The van der Waals surface area contributed by atoms with Crippen molar-refractivity contribution in [2.45, 2.75) is 46.7 Å². The van der Waals surface area contributed by atoms with Crippen LogP contribution in [0.2, 0.25) is 0 Å². The number of aliphatic imine (C=N–C) groups is 1. The third-order valence-corrected chi connectivity index (χ3v) is 4.88. The first-order chi connectivity index (χ1) is 11.0. The fourth-order valence-electron chi connectivity index (χ4n) is 3.20. The molecule has 0 aromatic heterocycles. The number of anilines is 1. The fraction of sp³-hybridized carbons (Fsp3) is 0.632. The summed E-state index contributed by atoms with van der Waals surface area (Å²) >= 11 is 0.